The van der Waals surface area contributed by atoms with Crippen LogP contribution >= 0.6 is 11.3 Å². The lowest BCUT2D eigenvalue weighted by molar-refractivity contribution is -0.134. The predicted molar refractivity (Wildman–Crippen MR) is 110 cm³/mol. The summed E-state index contributed by atoms with van der Waals surface area (Å²) in [6.45, 7) is 2.29. The number of piperidine rings is 1. The molecule has 2 aliphatic carbocycles. The van der Waals surface area contributed by atoms with Crippen LogP contribution in [-0.2, 0) is 11.3 Å². The Balaban J connectivity index is 1.09. The molecule has 7 nitrogen and oxygen atoms in total. The Kier molecular flexibility index (Phi) is 4.07. The van der Waals surface area contributed by atoms with Gasteiger partial charge in [0.1, 0.15) is 0 Å². The van der Waals surface area contributed by atoms with Crippen LogP contribution in [0.5, 0.6) is 0 Å². The summed E-state index contributed by atoms with van der Waals surface area (Å²) in [5.41, 5.74) is 1.06. The van der Waals surface area contributed by atoms with E-state index < -0.39 is 0 Å². The lowest BCUT2D eigenvalue weighted by Crippen LogP contribution is -2.55. The van der Waals surface area contributed by atoms with Gasteiger partial charge in [-0.1, -0.05) is 28.6 Å². The summed E-state index contributed by atoms with van der Waals surface area (Å²) >= 11 is 1.75. The van der Waals surface area contributed by atoms with Crippen LogP contribution < -0.4 is 10.2 Å². The van der Waals surface area contributed by atoms with Gasteiger partial charge in [-0.2, -0.15) is 4.98 Å². The topological polar surface area (TPSA) is 84.2 Å². The molecule has 3 atom stereocenters. The molecular formula is C21H23N5O2S. The summed E-state index contributed by atoms with van der Waals surface area (Å²) in [5.74, 6) is 3.00. The lowest BCUT2D eigenvalue weighted by atomic mass is 9.61. The minimum absolute atomic E-state index is 0.0759. The Morgan fingerprint density at radius 1 is 1.24 bits per heavy atom. The van der Waals surface area contributed by atoms with Crippen molar-refractivity contribution in [1.82, 2.24) is 20.4 Å². The molecule has 150 valence electrons. The summed E-state index contributed by atoms with van der Waals surface area (Å²) in [6.07, 6.45) is 4.39. The van der Waals surface area contributed by atoms with Crippen molar-refractivity contribution in [3.05, 3.63) is 36.0 Å². The van der Waals surface area contributed by atoms with Gasteiger partial charge in [0.15, 0.2) is 11.0 Å². The molecule has 6 rings (SSSR count). The van der Waals surface area contributed by atoms with Gasteiger partial charge in [0.05, 0.1) is 16.8 Å². The van der Waals surface area contributed by atoms with E-state index in [1.807, 2.05) is 6.07 Å². The summed E-state index contributed by atoms with van der Waals surface area (Å²) in [5, 5.41) is 8.10. The van der Waals surface area contributed by atoms with Crippen molar-refractivity contribution < 1.29 is 9.32 Å². The number of rotatable bonds is 5. The summed E-state index contributed by atoms with van der Waals surface area (Å²) < 4.78 is 6.49. The third-order valence-electron chi connectivity index (χ3n) is 6.60. The molecule has 1 amide bonds. The quantitative estimate of drug-likeness (QED) is 0.696. The Morgan fingerprint density at radius 2 is 2.14 bits per heavy atom. The molecule has 1 saturated heterocycles. The average molecular weight is 410 g/mol. The maximum Gasteiger partial charge on any atom is 0.229 e. The van der Waals surface area contributed by atoms with E-state index >= 15 is 0 Å². The number of hydrogen-bond donors (Lipinski definition) is 1. The van der Waals surface area contributed by atoms with E-state index in [0.29, 0.717) is 30.1 Å². The number of carbonyl (C=O) groups is 1. The first-order valence-corrected chi connectivity index (χ1v) is 11.3. The molecule has 0 bridgehead atoms. The van der Waals surface area contributed by atoms with Crippen LogP contribution in [0.3, 0.4) is 0 Å². The van der Waals surface area contributed by atoms with E-state index in [2.05, 4.69) is 38.6 Å². The summed E-state index contributed by atoms with van der Waals surface area (Å²) in [6, 6.07) is 8.27. The number of hydrogen-bond acceptors (Lipinski definition) is 7. The number of amides is 1. The number of fused-ring (bicyclic) bond motifs is 2. The molecule has 0 radical (unpaired) electrons. The van der Waals surface area contributed by atoms with Crippen molar-refractivity contribution in [1.29, 1.82) is 0 Å². The first-order valence-electron chi connectivity index (χ1n) is 10.5. The van der Waals surface area contributed by atoms with Gasteiger partial charge in [-0.3, -0.25) is 4.79 Å². The van der Waals surface area contributed by atoms with Gasteiger partial charge >= 0.3 is 0 Å². The molecule has 1 aliphatic heterocycles. The highest BCUT2D eigenvalue weighted by Gasteiger charge is 2.48. The lowest BCUT2D eigenvalue weighted by Gasteiger charge is -2.50. The molecule has 3 aliphatic rings. The molecule has 0 unspecified atom stereocenters. The molecule has 2 saturated carbocycles. The van der Waals surface area contributed by atoms with Gasteiger partial charge in [0.25, 0.3) is 0 Å². The van der Waals surface area contributed by atoms with Gasteiger partial charge in [-0.05, 0) is 49.7 Å². The Morgan fingerprint density at radius 3 is 3.00 bits per heavy atom. The minimum Gasteiger partial charge on any atom is -0.348 e. The first kappa shape index (κ1) is 17.4. The second-order valence-electron chi connectivity index (χ2n) is 8.51. The van der Waals surface area contributed by atoms with Gasteiger partial charge in [-0.25, -0.2) is 4.98 Å². The van der Waals surface area contributed by atoms with Crippen LogP contribution in [0.4, 0.5) is 5.13 Å². The molecule has 0 spiro atoms. The molecule has 3 fully saturated rings. The molecule has 2 aromatic heterocycles. The Bertz CT molecular complexity index is 1030. The largest absolute Gasteiger partial charge is 0.348 e. The molecule has 1 N–H and O–H groups in total. The van der Waals surface area contributed by atoms with E-state index in [1.54, 1.807) is 11.3 Å². The Hall–Kier alpha value is -2.48. The van der Waals surface area contributed by atoms with Crippen LogP contribution in [0.25, 0.3) is 10.2 Å². The van der Waals surface area contributed by atoms with E-state index in [-0.39, 0.29) is 11.8 Å². The second-order valence-corrected chi connectivity index (χ2v) is 9.52. The minimum atomic E-state index is 0.0759. The van der Waals surface area contributed by atoms with Crippen molar-refractivity contribution in [2.24, 2.45) is 17.8 Å². The third kappa shape index (κ3) is 3.19. The van der Waals surface area contributed by atoms with Crippen molar-refractivity contribution in [3.8, 4) is 0 Å². The number of thiazole rings is 1. The highest BCUT2D eigenvalue weighted by Crippen LogP contribution is 2.47. The standard InChI is InChI=1S/C21H23N5O2S/c27-19(22-10-18-24-20(28-25-18)12-5-6-12)14-9-13-7-8-26(11-15(13)14)21-23-16-3-1-2-4-17(16)29-21/h1-4,12-15H,5-11H2,(H,22,27)/t13-,14-,15-/m1/s1. The van der Waals surface area contributed by atoms with Crippen molar-refractivity contribution in [3.63, 3.8) is 0 Å². The monoisotopic (exact) mass is 409 g/mol. The second kappa shape index (κ2) is 6.79. The van der Waals surface area contributed by atoms with E-state index in [9.17, 15) is 4.79 Å². The number of nitrogens with zero attached hydrogens (tertiary/aromatic N) is 4. The number of benzene rings is 1. The van der Waals surface area contributed by atoms with Crippen LogP contribution in [0, 0.1) is 17.8 Å². The summed E-state index contributed by atoms with van der Waals surface area (Å²) in [7, 11) is 0. The number of para-hydroxylation sites is 1. The summed E-state index contributed by atoms with van der Waals surface area (Å²) in [4.78, 5) is 24.3. The zero-order valence-electron chi connectivity index (χ0n) is 16.1. The van der Waals surface area contributed by atoms with Crippen LogP contribution in [-0.4, -0.2) is 34.1 Å². The molecule has 3 heterocycles. The first-order chi connectivity index (χ1) is 14.2. The van der Waals surface area contributed by atoms with Crippen LogP contribution in [0.15, 0.2) is 28.8 Å². The molecule has 1 aromatic carbocycles. The maximum absolute atomic E-state index is 12.8. The fraction of sp³-hybridized carbons (Fsp3) is 0.524. The van der Waals surface area contributed by atoms with Crippen molar-refractivity contribution >= 4 is 32.6 Å². The average Bonchev–Trinajstić information content (AvgIpc) is 3.30. The highest BCUT2D eigenvalue weighted by atomic mass is 32.1. The third-order valence-corrected chi connectivity index (χ3v) is 7.70. The number of anilines is 1. The van der Waals surface area contributed by atoms with E-state index in [0.717, 1.165) is 55.3 Å². The van der Waals surface area contributed by atoms with Gasteiger partial charge < -0.3 is 14.7 Å². The molecular weight excluding hydrogens is 386 g/mol. The van der Waals surface area contributed by atoms with Gasteiger partial charge in [0, 0.05) is 24.9 Å². The zero-order chi connectivity index (χ0) is 19.4. The van der Waals surface area contributed by atoms with Crippen molar-refractivity contribution in [2.45, 2.75) is 38.1 Å². The number of carbonyl (C=O) groups excluding carboxylic acids is 1. The fourth-order valence-corrected chi connectivity index (χ4v) is 5.69. The van der Waals surface area contributed by atoms with Crippen LogP contribution in [0.1, 0.15) is 43.3 Å². The van der Waals surface area contributed by atoms with E-state index in [4.69, 9.17) is 9.51 Å². The Labute approximate surface area is 172 Å². The SMILES string of the molecule is O=C(NCc1noc(C2CC2)n1)[C@@H]1C[C@H]2CCN(c3nc4ccccc4s3)C[C@H]21. The highest BCUT2D eigenvalue weighted by molar-refractivity contribution is 7.22. The number of nitrogens with one attached hydrogen (secondary N) is 1. The normalized spacial score (nSPS) is 26.2. The smallest absolute Gasteiger partial charge is 0.229 e. The zero-order valence-corrected chi connectivity index (χ0v) is 16.9. The van der Waals surface area contributed by atoms with Crippen LogP contribution in [0.2, 0.25) is 0 Å². The van der Waals surface area contributed by atoms with Crippen molar-refractivity contribution in [2.75, 3.05) is 18.0 Å². The number of aromatic nitrogens is 3. The maximum atomic E-state index is 12.8. The van der Waals surface area contributed by atoms with Gasteiger partial charge in [0.2, 0.25) is 11.8 Å². The molecule has 8 heteroatoms. The predicted octanol–water partition coefficient (Wildman–Crippen LogP) is 3.34. The molecule has 3 aromatic rings. The van der Waals surface area contributed by atoms with E-state index in [1.165, 1.54) is 4.70 Å². The van der Waals surface area contributed by atoms with Gasteiger partial charge in [-0.15, -0.1) is 0 Å². The molecule has 29 heavy (non-hydrogen) atoms. The fourth-order valence-electron chi connectivity index (χ4n) is 4.69.